The van der Waals surface area contributed by atoms with E-state index in [1.807, 2.05) is 0 Å². The summed E-state index contributed by atoms with van der Waals surface area (Å²) in [5.74, 6) is 0.333. The molecule has 0 aliphatic carbocycles. The number of halogens is 1. The van der Waals surface area contributed by atoms with Crippen molar-refractivity contribution in [1.82, 2.24) is 0 Å². The number of methoxy groups -OCH3 is 1. The van der Waals surface area contributed by atoms with Crippen LogP contribution in [0.1, 0.15) is 6.92 Å². The van der Waals surface area contributed by atoms with E-state index < -0.39 is 9.05 Å². The SMILES string of the molecule is C=C/C(=C\N=C(/C)OC)S(=O)(=O)Cl. The van der Waals surface area contributed by atoms with Gasteiger partial charge in [0.15, 0.2) is 5.90 Å². The van der Waals surface area contributed by atoms with Crippen molar-refractivity contribution in [3.05, 3.63) is 23.8 Å². The van der Waals surface area contributed by atoms with Gasteiger partial charge in [0.05, 0.1) is 13.3 Å². The van der Waals surface area contributed by atoms with Gasteiger partial charge in [-0.15, -0.1) is 0 Å². The van der Waals surface area contributed by atoms with E-state index in [-0.39, 0.29) is 4.91 Å². The molecular weight excluding hydrogens is 214 g/mol. The van der Waals surface area contributed by atoms with E-state index >= 15 is 0 Å². The minimum atomic E-state index is -3.77. The van der Waals surface area contributed by atoms with Crippen molar-refractivity contribution in [3.8, 4) is 0 Å². The van der Waals surface area contributed by atoms with Crippen LogP contribution in [-0.2, 0) is 13.8 Å². The van der Waals surface area contributed by atoms with Gasteiger partial charge >= 0.3 is 0 Å². The molecule has 0 rings (SSSR count). The number of hydrogen-bond acceptors (Lipinski definition) is 4. The van der Waals surface area contributed by atoms with E-state index in [1.165, 1.54) is 7.11 Å². The van der Waals surface area contributed by atoms with Crippen molar-refractivity contribution in [2.45, 2.75) is 6.92 Å². The Morgan fingerprint density at radius 1 is 1.62 bits per heavy atom. The number of allylic oxidation sites excluding steroid dienone is 1. The largest absolute Gasteiger partial charge is 0.484 e. The van der Waals surface area contributed by atoms with Gasteiger partial charge < -0.3 is 4.74 Å². The summed E-state index contributed by atoms with van der Waals surface area (Å²) in [5, 5.41) is 0. The molecule has 0 aliphatic rings. The van der Waals surface area contributed by atoms with Gasteiger partial charge in [-0.3, -0.25) is 0 Å². The smallest absolute Gasteiger partial charge is 0.262 e. The molecule has 0 aromatic rings. The van der Waals surface area contributed by atoms with E-state index in [2.05, 4.69) is 11.6 Å². The minimum absolute atomic E-state index is 0.162. The predicted octanol–water partition coefficient (Wildman–Crippen LogP) is 1.65. The molecule has 0 aliphatic heterocycles. The van der Waals surface area contributed by atoms with Crippen LogP contribution in [0, 0.1) is 0 Å². The Morgan fingerprint density at radius 2 is 2.15 bits per heavy atom. The van der Waals surface area contributed by atoms with Crippen LogP contribution in [0.3, 0.4) is 0 Å². The number of ether oxygens (including phenoxy) is 1. The van der Waals surface area contributed by atoms with E-state index in [0.29, 0.717) is 5.90 Å². The Hall–Kier alpha value is -0.810. The summed E-state index contributed by atoms with van der Waals surface area (Å²) in [5.41, 5.74) is 0. The zero-order chi connectivity index (χ0) is 10.5. The maximum absolute atomic E-state index is 10.8. The lowest BCUT2D eigenvalue weighted by Crippen LogP contribution is -1.94. The van der Waals surface area contributed by atoms with Crippen molar-refractivity contribution in [2.24, 2.45) is 4.99 Å². The van der Waals surface area contributed by atoms with Crippen LogP contribution >= 0.6 is 10.7 Å². The van der Waals surface area contributed by atoms with Gasteiger partial charge in [0.25, 0.3) is 9.05 Å². The Morgan fingerprint density at radius 3 is 2.46 bits per heavy atom. The van der Waals surface area contributed by atoms with Crippen LogP contribution in [0.25, 0.3) is 0 Å². The Bertz CT molecular complexity index is 343. The van der Waals surface area contributed by atoms with Crippen LogP contribution in [0.15, 0.2) is 28.8 Å². The molecule has 0 spiro atoms. The maximum Gasteiger partial charge on any atom is 0.262 e. The average Bonchev–Trinajstić information content (AvgIpc) is 2.02. The fourth-order valence-corrected chi connectivity index (χ4v) is 1.11. The second-order valence-corrected chi connectivity index (χ2v) is 4.59. The Balaban J connectivity index is 4.92. The lowest BCUT2D eigenvalue weighted by molar-refractivity contribution is 0.400. The summed E-state index contributed by atoms with van der Waals surface area (Å²) in [7, 11) is 2.71. The number of aliphatic imine (C=N–C) groups is 1. The van der Waals surface area contributed by atoms with E-state index in [0.717, 1.165) is 12.3 Å². The zero-order valence-electron chi connectivity index (χ0n) is 7.32. The highest BCUT2D eigenvalue weighted by Gasteiger charge is 2.09. The van der Waals surface area contributed by atoms with E-state index in [1.54, 1.807) is 6.92 Å². The number of nitrogens with zero attached hydrogens (tertiary/aromatic N) is 1. The Kier molecular flexibility index (Phi) is 4.72. The summed E-state index contributed by atoms with van der Waals surface area (Å²) in [4.78, 5) is 3.52. The third kappa shape index (κ3) is 4.69. The van der Waals surface area contributed by atoms with Crippen molar-refractivity contribution in [2.75, 3.05) is 7.11 Å². The van der Waals surface area contributed by atoms with Gasteiger partial charge in [-0.25, -0.2) is 13.4 Å². The molecule has 0 amide bonds. The molecule has 0 saturated heterocycles. The fraction of sp³-hybridized carbons (Fsp3) is 0.286. The summed E-state index contributed by atoms with van der Waals surface area (Å²) in [6, 6.07) is 0. The average molecular weight is 224 g/mol. The molecule has 0 saturated carbocycles. The highest BCUT2D eigenvalue weighted by atomic mass is 35.7. The highest BCUT2D eigenvalue weighted by Crippen LogP contribution is 2.12. The first-order chi connectivity index (χ1) is 5.91. The van der Waals surface area contributed by atoms with Crippen molar-refractivity contribution < 1.29 is 13.2 Å². The number of hydrogen-bond donors (Lipinski definition) is 0. The molecule has 0 heterocycles. The lowest BCUT2D eigenvalue weighted by Gasteiger charge is -1.95. The third-order valence-electron chi connectivity index (χ3n) is 1.15. The Labute approximate surface area is 82.0 Å². The molecule has 4 nitrogen and oxygen atoms in total. The molecule has 0 unspecified atom stereocenters. The first-order valence-corrected chi connectivity index (χ1v) is 5.58. The predicted molar refractivity (Wildman–Crippen MR) is 53.2 cm³/mol. The van der Waals surface area contributed by atoms with Crippen molar-refractivity contribution >= 4 is 25.6 Å². The van der Waals surface area contributed by atoms with Crippen LogP contribution in [0.5, 0.6) is 0 Å². The molecule has 74 valence electrons. The quantitative estimate of drug-likeness (QED) is 0.316. The monoisotopic (exact) mass is 223 g/mol. The summed E-state index contributed by atoms with van der Waals surface area (Å²) in [6.07, 6.45) is 2.18. The molecule has 0 atom stereocenters. The summed E-state index contributed by atoms with van der Waals surface area (Å²) < 4.78 is 26.2. The van der Waals surface area contributed by atoms with E-state index in [4.69, 9.17) is 15.4 Å². The van der Waals surface area contributed by atoms with Gasteiger partial charge in [-0.1, -0.05) is 6.58 Å². The molecular formula is C7H10ClNO3S. The first kappa shape index (κ1) is 12.2. The molecule has 0 fully saturated rings. The summed E-state index contributed by atoms with van der Waals surface area (Å²) in [6.45, 7) is 4.87. The fourth-order valence-electron chi connectivity index (χ4n) is 0.422. The zero-order valence-corrected chi connectivity index (χ0v) is 8.89. The second-order valence-electron chi connectivity index (χ2n) is 2.03. The van der Waals surface area contributed by atoms with Gasteiger partial charge in [0, 0.05) is 17.6 Å². The molecule has 6 heteroatoms. The molecule has 0 N–H and O–H groups in total. The molecule has 0 aromatic heterocycles. The summed E-state index contributed by atoms with van der Waals surface area (Å²) >= 11 is 0. The topological polar surface area (TPSA) is 55.7 Å². The molecule has 13 heavy (non-hydrogen) atoms. The van der Waals surface area contributed by atoms with Gasteiger partial charge in [-0.2, -0.15) is 0 Å². The van der Waals surface area contributed by atoms with E-state index in [9.17, 15) is 8.42 Å². The maximum atomic E-state index is 10.8. The first-order valence-electron chi connectivity index (χ1n) is 3.27. The van der Waals surface area contributed by atoms with Gasteiger partial charge in [0.1, 0.15) is 4.91 Å². The highest BCUT2D eigenvalue weighted by molar-refractivity contribution is 8.17. The molecule has 0 radical (unpaired) electrons. The molecule has 0 bridgehead atoms. The van der Waals surface area contributed by atoms with Gasteiger partial charge in [-0.05, 0) is 6.08 Å². The van der Waals surface area contributed by atoms with Crippen LogP contribution in [0.4, 0.5) is 0 Å². The molecule has 0 aromatic carbocycles. The van der Waals surface area contributed by atoms with Crippen LogP contribution in [0.2, 0.25) is 0 Å². The standard InChI is InChI=1S/C7H10ClNO3S/c1-4-7(13(8,10)11)5-9-6(2)12-3/h4-5H,1H2,2-3H3/b7-5+,9-6+. The van der Waals surface area contributed by atoms with Crippen molar-refractivity contribution in [1.29, 1.82) is 0 Å². The van der Waals surface area contributed by atoms with Crippen molar-refractivity contribution in [3.63, 3.8) is 0 Å². The van der Waals surface area contributed by atoms with Crippen LogP contribution in [-0.4, -0.2) is 21.4 Å². The minimum Gasteiger partial charge on any atom is -0.484 e. The normalized spacial score (nSPS) is 14.1. The third-order valence-corrected chi connectivity index (χ3v) is 2.52. The van der Waals surface area contributed by atoms with Crippen LogP contribution < -0.4 is 0 Å². The lowest BCUT2D eigenvalue weighted by atomic mass is 10.6. The second kappa shape index (κ2) is 5.04. The van der Waals surface area contributed by atoms with Gasteiger partial charge in [0.2, 0.25) is 0 Å². The number of rotatable bonds is 3.